The molecule has 2 rings (SSSR count). The number of benzene rings is 1. The largest absolute Gasteiger partial charge is 0.212 e. The van der Waals surface area contributed by atoms with Crippen molar-refractivity contribution in [2.24, 2.45) is 0 Å². The summed E-state index contributed by atoms with van der Waals surface area (Å²) in [5, 5.41) is 0.389. The SMILES string of the molecule is O=S=C1C=C(c2ccc(Cl)cc2)C=CC1Cl. The number of hydrogen-bond acceptors (Lipinski definition) is 1. The van der Waals surface area contributed by atoms with Crippen molar-refractivity contribution in [3.63, 3.8) is 0 Å². The van der Waals surface area contributed by atoms with Gasteiger partial charge in [-0.05, 0) is 29.3 Å². The molecule has 82 valence electrons. The fourth-order valence-corrected chi connectivity index (χ4v) is 2.17. The fraction of sp³-hybridized carbons (Fsp3) is 0.0833. The number of rotatable bonds is 1. The van der Waals surface area contributed by atoms with E-state index in [1.807, 2.05) is 42.5 Å². The number of alkyl halides is 1. The molecule has 1 aromatic carbocycles. The zero-order chi connectivity index (χ0) is 11.5. The normalized spacial score (nSPS) is 19.5. The van der Waals surface area contributed by atoms with Crippen molar-refractivity contribution in [1.29, 1.82) is 0 Å². The molecular weight excluding hydrogens is 263 g/mol. The van der Waals surface area contributed by atoms with Crippen LogP contribution in [0, 0.1) is 0 Å². The van der Waals surface area contributed by atoms with Gasteiger partial charge in [0, 0.05) is 5.02 Å². The third-order valence-electron chi connectivity index (χ3n) is 2.29. The minimum atomic E-state index is -0.307. The molecule has 0 radical (unpaired) electrons. The van der Waals surface area contributed by atoms with E-state index < -0.39 is 0 Å². The van der Waals surface area contributed by atoms with Gasteiger partial charge in [-0.1, -0.05) is 35.9 Å². The molecule has 0 aliphatic heterocycles. The Bertz CT molecular complexity index is 510. The average Bonchev–Trinajstić information content (AvgIpc) is 2.31. The minimum absolute atomic E-state index is 0.307. The van der Waals surface area contributed by atoms with Crippen molar-refractivity contribution in [3.05, 3.63) is 53.1 Å². The molecule has 1 unspecified atom stereocenters. The van der Waals surface area contributed by atoms with E-state index in [4.69, 9.17) is 23.2 Å². The van der Waals surface area contributed by atoms with E-state index in [0.717, 1.165) is 11.1 Å². The second kappa shape index (κ2) is 5.00. The fourth-order valence-electron chi connectivity index (χ4n) is 1.46. The van der Waals surface area contributed by atoms with Crippen molar-refractivity contribution < 1.29 is 4.21 Å². The van der Waals surface area contributed by atoms with Gasteiger partial charge in [-0.3, -0.25) is 0 Å². The van der Waals surface area contributed by atoms with E-state index in [1.165, 1.54) is 0 Å². The highest BCUT2D eigenvalue weighted by Gasteiger charge is 2.13. The van der Waals surface area contributed by atoms with Gasteiger partial charge in [0.05, 0.1) is 21.5 Å². The zero-order valence-corrected chi connectivity index (χ0v) is 10.5. The molecule has 0 amide bonds. The first-order chi connectivity index (χ1) is 7.70. The predicted octanol–water partition coefficient (Wildman–Crippen LogP) is 3.29. The molecule has 0 heterocycles. The van der Waals surface area contributed by atoms with Gasteiger partial charge in [-0.2, -0.15) is 0 Å². The summed E-state index contributed by atoms with van der Waals surface area (Å²) in [7, 11) is 0. The molecule has 0 fully saturated rings. The average molecular weight is 271 g/mol. The maximum atomic E-state index is 10.8. The molecule has 4 heteroatoms. The quantitative estimate of drug-likeness (QED) is 0.566. The summed E-state index contributed by atoms with van der Waals surface area (Å²) >= 11 is 12.2. The van der Waals surface area contributed by atoms with Gasteiger partial charge in [0.25, 0.3) is 0 Å². The maximum Gasteiger partial charge on any atom is 0.0940 e. The lowest BCUT2D eigenvalue weighted by atomic mass is 9.99. The van der Waals surface area contributed by atoms with Gasteiger partial charge < -0.3 is 0 Å². The summed E-state index contributed by atoms with van der Waals surface area (Å²) in [5.41, 5.74) is 2.00. The molecule has 0 saturated heterocycles. The van der Waals surface area contributed by atoms with Crippen molar-refractivity contribution in [2.45, 2.75) is 5.38 Å². The lowest BCUT2D eigenvalue weighted by molar-refractivity contribution is 0.701. The second-order valence-corrected chi connectivity index (χ2v) is 4.90. The van der Waals surface area contributed by atoms with Gasteiger partial charge >= 0.3 is 0 Å². The molecule has 0 saturated carbocycles. The molecule has 1 aliphatic carbocycles. The standard InChI is InChI=1S/C12H8Cl2OS/c13-10-4-1-8(2-5-10)9-3-6-11(14)12(7-9)16-15/h1-7,11H. The van der Waals surface area contributed by atoms with Crippen LogP contribution in [0.25, 0.3) is 5.57 Å². The number of allylic oxidation sites excluding steroid dienone is 4. The summed E-state index contributed by atoms with van der Waals surface area (Å²) in [4.78, 5) is 0.620. The second-order valence-electron chi connectivity index (χ2n) is 3.35. The summed E-state index contributed by atoms with van der Waals surface area (Å²) < 4.78 is 10.8. The van der Waals surface area contributed by atoms with Gasteiger partial charge in [-0.15, -0.1) is 11.6 Å². The monoisotopic (exact) mass is 270 g/mol. The lowest BCUT2D eigenvalue weighted by Gasteiger charge is -2.11. The molecule has 1 aliphatic rings. The van der Waals surface area contributed by atoms with E-state index in [9.17, 15) is 4.21 Å². The number of halogens is 2. The van der Waals surface area contributed by atoms with Gasteiger partial charge in [0.2, 0.25) is 0 Å². The van der Waals surface area contributed by atoms with Crippen LogP contribution in [0.2, 0.25) is 5.02 Å². The van der Waals surface area contributed by atoms with Crippen molar-refractivity contribution in [2.75, 3.05) is 0 Å². The zero-order valence-electron chi connectivity index (χ0n) is 8.19. The topological polar surface area (TPSA) is 17.1 Å². The summed E-state index contributed by atoms with van der Waals surface area (Å²) in [5.74, 6) is 0. The van der Waals surface area contributed by atoms with Crippen LogP contribution in [0.15, 0.2) is 42.5 Å². The molecule has 1 nitrogen and oxygen atoms in total. The minimum Gasteiger partial charge on any atom is -0.212 e. The van der Waals surface area contributed by atoms with E-state index in [-0.39, 0.29) is 5.38 Å². The number of hydrogen-bond donors (Lipinski definition) is 0. The molecule has 0 spiro atoms. The van der Waals surface area contributed by atoms with Crippen LogP contribution in [0.3, 0.4) is 0 Å². The van der Waals surface area contributed by atoms with Crippen LogP contribution in [-0.4, -0.2) is 14.5 Å². The Kier molecular flexibility index (Phi) is 3.64. The van der Waals surface area contributed by atoms with Crippen molar-refractivity contribution >= 4 is 44.9 Å². The third kappa shape index (κ3) is 2.46. The maximum absolute atomic E-state index is 10.8. The first kappa shape index (κ1) is 11.6. The predicted molar refractivity (Wildman–Crippen MR) is 71.4 cm³/mol. The summed E-state index contributed by atoms with van der Waals surface area (Å²) in [6.45, 7) is 0. The van der Waals surface area contributed by atoms with Gasteiger partial charge in [-0.25, -0.2) is 4.21 Å². The highest BCUT2D eigenvalue weighted by atomic mass is 35.5. The van der Waals surface area contributed by atoms with Crippen LogP contribution >= 0.6 is 23.2 Å². The smallest absolute Gasteiger partial charge is 0.0940 e. The van der Waals surface area contributed by atoms with Gasteiger partial charge in [0.15, 0.2) is 0 Å². The molecule has 16 heavy (non-hydrogen) atoms. The van der Waals surface area contributed by atoms with E-state index >= 15 is 0 Å². The van der Waals surface area contributed by atoms with Crippen LogP contribution in [-0.2, 0) is 11.3 Å². The Morgan fingerprint density at radius 3 is 2.50 bits per heavy atom. The molecule has 0 N–H and O–H groups in total. The van der Waals surface area contributed by atoms with Gasteiger partial charge in [0.1, 0.15) is 0 Å². The molecule has 1 atom stereocenters. The lowest BCUT2D eigenvalue weighted by Crippen LogP contribution is -2.12. The highest BCUT2D eigenvalue weighted by molar-refractivity contribution is 7.67. The van der Waals surface area contributed by atoms with E-state index in [2.05, 4.69) is 0 Å². The van der Waals surface area contributed by atoms with Crippen molar-refractivity contribution in [3.8, 4) is 0 Å². The molecule has 1 aromatic rings. The van der Waals surface area contributed by atoms with E-state index in [0.29, 0.717) is 21.1 Å². The molecule has 0 bridgehead atoms. The molecule has 0 aromatic heterocycles. The van der Waals surface area contributed by atoms with Crippen molar-refractivity contribution in [1.82, 2.24) is 0 Å². The first-order valence-electron chi connectivity index (χ1n) is 4.67. The highest BCUT2D eigenvalue weighted by Crippen LogP contribution is 2.23. The first-order valence-corrected chi connectivity index (χ1v) is 6.23. The Morgan fingerprint density at radius 1 is 1.19 bits per heavy atom. The molecular formula is C12H8Cl2OS. The Hall–Kier alpha value is -0.830. The van der Waals surface area contributed by atoms with Crippen LogP contribution < -0.4 is 0 Å². The van der Waals surface area contributed by atoms with Crippen LogP contribution in [0.4, 0.5) is 0 Å². The Labute approximate surface area is 107 Å². The Balaban J connectivity index is 2.39. The van der Waals surface area contributed by atoms with Crippen LogP contribution in [0.1, 0.15) is 5.56 Å². The van der Waals surface area contributed by atoms with E-state index in [1.54, 1.807) is 0 Å². The summed E-state index contributed by atoms with van der Waals surface area (Å²) in [6, 6.07) is 7.48. The Morgan fingerprint density at radius 2 is 1.88 bits per heavy atom. The summed E-state index contributed by atoms with van der Waals surface area (Å²) in [6.07, 6.45) is 5.55. The van der Waals surface area contributed by atoms with Crippen LogP contribution in [0.5, 0.6) is 0 Å². The third-order valence-corrected chi connectivity index (χ3v) is 3.61.